The number of hydrogen-bond acceptors (Lipinski definition) is 5. The molecule has 0 radical (unpaired) electrons. The molecule has 0 aliphatic heterocycles. The molecule has 208 valence electrons. The molecule has 0 aliphatic rings. The maximum atomic E-state index is 13.9. The molecule has 1 atom stereocenters. The molecule has 0 aromatic heterocycles. The predicted octanol–water partition coefficient (Wildman–Crippen LogP) is 4.54. The standard InChI is InChI=1S/C28H31Cl2N3O5S/c1-4-31-28(35)25(16-20-8-6-5-7-9-20)32(18-21-10-12-22(29)13-11-21)27(34)19-33(39(3,36)37)23-14-15-26(38-2)24(30)17-23/h5-15,17,25H,4,16,18-19H2,1-3H3,(H,31,35). The maximum absolute atomic E-state index is 13.9. The van der Waals surface area contributed by atoms with Crippen LogP contribution in [0.4, 0.5) is 5.69 Å². The lowest BCUT2D eigenvalue weighted by Gasteiger charge is -2.33. The summed E-state index contributed by atoms with van der Waals surface area (Å²) in [7, 11) is -2.46. The van der Waals surface area contributed by atoms with Crippen LogP contribution in [0.15, 0.2) is 72.8 Å². The van der Waals surface area contributed by atoms with Gasteiger partial charge in [-0.25, -0.2) is 8.42 Å². The van der Waals surface area contributed by atoms with Crippen LogP contribution in [0.3, 0.4) is 0 Å². The number of halogens is 2. The highest BCUT2D eigenvalue weighted by molar-refractivity contribution is 7.92. The summed E-state index contributed by atoms with van der Waals surface area (Å²) < 4.78 is 31.8. The van der Waals surface area contributed by atoms with Crippen molar-refractivity contribution < 1.29 is 22.7 Å². The van der Waals surface area contributed by atoms with Crippen LogP contribution in [0, 0.1) is 0 Å². The molecule has 8 nitrogen and oxygen atoms in total. The number of methoxy groups -OCH3 is 1. The lowest BCUT2D eigenvalue weighted by molar-refractivity contribution is -0.140. The highest BCUT2D eigenvalue weighted by atomic mass is 35.5. The largest absolute Gasteiger partial charge is 0.495 e. The Labute approximate surface area is 239 Å². The molecule has 0 saturated carbocycles. The molecule has 0 aliphatic carbocycles. The van der Waals surface area contributed by atoms with Gasteiger partial charge in [0.05, 0.1) is 24.1 Å². The van der Waals surface area contributed by atoms with Crippen LogP contribution in [-0.4, -0.2) is 57.6 Å². The van der Waals surface area contributed by atoms with Gasteiger partial charge in [-0.15, -0.1) is 0 Å². The third-order valence-corrected chi connectivity index (χ3v) is 7.68. The second-order valence-electron chi connectivity index (χ2n) is 8.84. The van der Waals surface area contributed by atoms with Gasteiger partial charge in [0.1, 0.15) is 18.3 Å². The average molecular weight is 593 g/mol. The van der Waals surface area contributed by atoms with E-state index in [9.17, 15) is 18.0 Å². The van der Waals surface area contributed by atoms with Crippen molar-refractivity contribution in [1.29, 1.82) is 0 Å². The molecule has 1 N–H and O–H groups in total. The Morgan fingerprint density at radius 3 is 2.21 bits per heavy atom. The SMILES string of the molecule is CCNC(=O)C(Cc1ccccc1)N(Cc1ccc(Cl)cc1)C(=O)CN(c1ccc(OC)c(Cl)c1)S(C)(=O)=O. The number of anilines is 1. The number of nitrogens with zero attached hydrogens (tertiary/aromatic N) is 2. The minimum absolute atomic E-state index is 0.0611. The number of benzene rings is 3. The third kappa shape index (κ3) is 8.36. The molecule has 3 rings (SSSR count). The van der Waals surface area contributed by atoms with Crippen LogP contribution >= 0.6 is 23.2 Å². The van der Waals surface area contributed by atoms with Crippen molar-refractivity contribution >= 4 is 50.7 Å². The van der Waals surface area contributed by atoms with Crippen LogP contribution < -0.4 is 14.4 Å². The van der Waals surface area contributed by atoms with Gasteiger partial charge in [-0.3, -0.25) is 13.9 Å². The van der Waals surface area contributed by atoms with E-state index < -0.39 is 28.5 Å². The van der Waals surface area contributed by atoms with E-state index in [4.69, 9.17) is 27.9 Å². The van der Waals surface area contributed by atoms with Crippen molar-refractivity contribution in [3.63, 3.8) is 0 Å². The third-order valence-electron chi connectivity index (χ3n) is 5.99. The number of hydrogen-bond donors (Lipinski definition) is 1. The number of amides is 2. The first-order valence-corrected chi connectivity index (χ1v) is 14.8. The van der Waals surface area contributed by atoms with E-state index >= 15 is 0 Å². The van der Waals surface area contributed by atoms with E-state index in [1.54, 1.807) is 31.2 Å². The normalized spacial score (nSPS) is 11.9. The van der Waals surface area contributed by atoms with E-state index in [1.165, 1.54) is 30.2 Å². The van der Waals surface area contributed by atoms with Gasteiger partial charge in [-0.1, -0.05) is 65.7 Å². The van der Waals surface area contributed by atoms with Gasteiger partial charge >= 0.3 is 0 Å². The van der Waals surface area contributed by atoms with Crippen molar-refractivity contribution in [1.82, 2.24) is 10.2 Å². The topological polar surface area (TPSA) is 96.0 Å². The summed E-state index contributed by atoms with van der Waals surface area (Å²) >= 11 is 12.3. The van der Waals surface area contributed by atoms with Gasteiger partial charge in [0.15, 0.2) is 0 Å². The zero-order chi connectivity index (χ0) is 28.6. The zero-order valence-electron chi connectivity index (χ0n) is 21.9. The smallest absolute Gasteiger partial charge is 0.244 e. The summed E-state index contributed by atoms with van der Waals surface area (Å²) in [4.78, 5) is 28.7. The molecular formula is C28H31Cl2N3O5S. The molecule has 3 aromatic rings. The fourth-order valence-corrected chi connectivity index (χ4v) is 5.28. The summed E-state index contributed by atoms with van der Waals surface area (Å²) in [5, 5.41) is 3.54. The fourth-order valence-electron chi connectivity index (χ4n) is 4.06. The number of carbonyl (C=O) groups excluding carboxylic acids is 2. The van der Waals surface area contributed by atoms with Crippen LogP contribution in [0.25, 0.3) is 0 Å². The first-order valence-electron chi connectivity index (χ1n) is 12.2. The van der Waals surface area contributed by atoms with Crippen LogP contribution in [0.5, 0.6) is 5.75 Å². The van der Waals surface area contributed by atoms with Gasteiger partial charge in [-0.05, 0) is 48.4 Å². The fraction of sp³-hybridized carbons (Fsp3) is 0.286. The summed E-state index contributed by atoms with van der Waals surface area (Å²) in [6.07, 6.45) is 1.24. The number of rotatable bonds is 12. The minimum Gasteiger partial charge on any atom is -0.495 e. The van der Waals surface area contributed by atoms with Crippen LogP contribution in [0.1, 0.15) is 18.1 Å². The second-order valence-corrected chi connectivity index (χ2v) is 11.6. The maximum Gasteiger partial charge on any atom is 0.244 e. The molecule has 3 aromatic carbocycles. The minimum atomic E-state index is -3.91. The van der Waals surface area contributed by atoms with E-state index in [-0.39, 0.29) is 29.6 Å². The van der Waals surface area contributed by atoms with Crippen molar-refractivity contribution in [2.24, 2.45) is 0 Å². The number of nitrogens with one attached hydrogen (secondary N) is 1. The number of sulfonamides is 1. The molecule has 11 heteroatoms. The predicted molar refractivity (Wildman–Crippen MR) is 155 cm³/mol. The van der Waals surface area contributed by atoms with Gasteiger partial charge in [0.25, 0.3) is 0 Å². The van der Waals surface area contributed by atoms with Crippen molar-refractivity contribution in [3.8, 4) is 5.75 Å². The zero-order valence-corrected chi connectivity index (χ0v) is 24.3. The van der Waals surface area contributed by atoms with Gasteiger partial charge in [0.2, 0.25) is 21.8 Å². The number of ether oxygens (including phenoxy) is 1. The molecule has 0 bridgehead atoms. The molecule has 39 heavy (non-hydrogen) atoms. The van der Waals surface area contributed by atoms with Gasteiger partial charge < -0.3 is 15.0 Å². The molecule has 0 saturated heterocycles. The lowest BCUT2D eigenvalue weighted by Crippen LogP contribution is -2.53. The van der Waals surface area contributed by atoms with Crippen molar-refractivity contribution in [2.45, 2.75) is 25.9 Å². The van der Waals surface area contributed by atoms with E-state index in [1.807, 2.05) is 30.3 Å². The van der Waals surface area contributed by atoms with Crippen LogP contribution in [0.2, 0.25) is 10.0 Å². The van der Waals surface area contributed by atoms with E-state index in [0.29, 0.717) is 17.3 Å². The lowest BCUT2D eigenvalue weighted by atomic mass is 10.0. The summed E-state index contributed by atoms with van der Waals surface area (Å²) in [5.74, 6) is -0.541. The summed E-state index contributed by atoms with van der Waals surface area (Å²) in [6, 6.07) is 19.8. The van der Waals surface area contributed by atoms with Crippen molar-refractivity contribution in [3.05, 3.63) is 94.0 Å². The molecule has 0 spiro atoms. The van der Waals surface area contributed by atoms with Gasteiger partial charge in [0, 0.05) is 24.5 Å². The van der Waals surface area contributed by atoms with E-state index in [0.717, 1.165) is 21.7 Å². The second kappa shape index (κ2) is 13.7. The highest BCUT2D eigenvalue weighted by Crippen LogP contribution is 2.30. The Balaban J connectivity index is 2.04. The summed E-state index contributed by atoms with van der Waals surface area (Å²) in [6.45, 7) is 1.68. The molecule has 0 fully saturated rings. The van der Waals surface area contributed by atoms with Crippen LogP contribution in [-0.2, 0) is 32.6 Å². The molecule has 1 unspecified atom stereocenters. The number of carbonyl (C=O) groups is 2. The Hall–Kier alpha value is -3.27. The molecule has 0 heterocycles. The average Bonchev–Trinajstić information content (AvgIpc) is 2.90. The summed E-state index contributed by atoms with van der Waals surface area (Å²) in [5.41, 5.74) is 1.78. The Bertz CT molecular complexity index is 1390. The quantitative estimate of drug-likeness (QED) is 0.333. The Kier molecular flexibility index (Phi) is 10.6. The highest BCUT2D eigenvalue weighted by Gasteiger charge is 2.33. The molecular weight excluding hydrogens is 561 g/mol. The van der Waals surface area contributed by atoms with E-state index in [2.05, 4.69) is 5.32 Å². The Morgan fingerprint density at radius 2 is 1.64 bits per heavy atom. The Morgan fingerprint density at radius 1 is 0.974 bits per heavy atom. The van der Waals surface area contributed by atoms with Crippen molar-refractivity contribution in [2.75, 3.05) is 30.8 Å². The molecule has 2 amide bonds. The first-order chi connectivity index (χ1) is 18.5. The monoisotopic (exact) mass is 591 g/mol. The first kappa shape index (κ1) is 30.3. The number of likely N-dealkylation sites (N-methyl/N-ethyl adjacent to an activating group) is 1. The van der Waals surface area contributed by atoms with Gasteiger partial charge in [-0.2, -0.15) is 0 Å².